The van der Waals surface area contributed by atoms with Gasteiger partial charge in [0.1, 0.15) is 0 Å². The summed E-state index contributed by atoms with van der Waals surface area (Å²) >= 11 is 0. The van der Waals surface area contributed by atoms with Crippen LogP contribution in [0.15, 0.2) is 36.4 Å². The third-order valence-electron chi connectivity index (χ3n) is 6.27. The summed E-state index contributed by atoms with van der Waals surface area (Å²) < 4.78 is 0. The smallest absolute Gasteiger partial charge is 0.0203 e. The van der Waals surface area contributed by atoms with E-state index in [2.05, 4.69) is 64.1 Å². The van der Waals surface area contributed by atoms with E-state index in [0.29, 0.717) is 0 Å². The van der Waals surface area contributed by atoms with Crippen molar-refractivity contribution in [2.45, 2.75) is 78.1 Å². The van der Waals surface area contributed by atoms with Crippen LogP contribution in [0.4, 0.5) is 0 Å². The fourth-order valence-corrected chi connectivity index (χ4v) is 4.60. The van der Waals surface area contributed by atoms with Crippen LogP contribution in [-0.2, 0) is 18.3 Å². The van der Waals surface area contributed by atoms with E-state index in [4.69, 9.17) is 0 Å². The highest BCUT2D eigenvalue weighted by Crippen LogP contribution is 2.45. The van der Waals surface area contributed by atoms with Gasteiger partial charge in [-0.3, -0.25) is 0 Å². The molecule has 24 heavy (non-hydrogen) atoms. The topological polar surface area (TPSA) is 0 Å². The number of hydrogen-bond donors (Lipinski definition) is 0. The van der Waals surface area contributed by atoms with Gasteiger partial charge in [0.25, 0.3) is 0 Å². The standard InChI is InChI=1S/C24H32/c1-5-20-16-22(12-10-18(20)3)24(14-8-7-9-15-24)23-13-11-19(4)21(6-2)17-23/h10-13,16-17H,5-9,14-15H2,1-4H3. The molecule has 0 nitrogen and oxygen atoms in total. The number of aryl methyl sites for hydroxylation is 4. The van der Waals surface area contributed by atoms with Gasteiger partial charge in [-0.05, 0) is 72.9 Å². The van der Waals surface area contributed by atoms with Crippen molar-refractivity contribution in [3.63, 3.8) is 0 Å². The Kier molecular flexibility index (Phi) is 5.13. The highest BCUT2D eigenvalue weighted by Gasteiger charge is 2.36. The molecule has 0 N–H and O–H groups in total. The fraction of sp³-hybridized carbons (Fsp3) is 0.500. The number of hydrogen-bond acceptors (Lipinski definition) is 0. The van der Waals surface area contributed by atoms with Crippen LogP contribution in [0.1, 0.15) is 79.3 Å². The molecule has 0 aromatic heterocycles. The van der Waals surface area contributed by atoms with Gasteiger partial charge in [-0.25, -0.2) is 0 Å². The molecule has 0 radical (unpaired) electrons. The first kappa shape index (κ1) is 17.3. The molecule has 128 valence electrons. The zero-order valence-electron chi connectivity index (χ0n) is 15.9. The van der Waals surface area contributed by atoms with E-state index in [0.717, 1.165) is 12.8 Å². The van der Waals surface area contributed by atoms with Crippen LogP contribution in [0.2, 0.25) is 0 Å². The lowest BCUT2D eigenvalue weighted by Crippen LogP contribution is -2.31. The van der Waals surface area contributed by atoms with E-state index in [1.165, 1.54) is 54.4 Å². The predicted octanol–water partition coefficient (Wildman–Crippen LogP) is 6.68. The Bertz CT molecular complexity index is 646. The van der Waals surface area contributed by atoms with Crippen molar-refractivity contribution < 1.29 is 0 Å². The molecule has 1 aliphatic rings. The monoisotopic (exact) mass is 320 g/mol. The normalized spacial score (nSPS) is 17.0. The van der Waals surface area contributed by atoms with E-state index in [1.807, 2.05) is 0 Å². The molecule has 0 unspecified atom stereocenters. The molecule has 0 heteroatoms. The Hall–Kier alpha value is -1.56. The molecule has 3 rings (SSSR count). The summed E-state index contributed by atoms with van der Waals surface area (Å²) in [6.07, 6.45) is 8.95. The zero-order valence-corrected chi connectivity index (χ0v) is 15.9. The van der Waals surface area contributed by atoms with E-state index in [-0.39, 0.29) is 5.41 Å². The predicted molar refractivity (Wildman–Crippen MR) is 105 cm³/mol. The summed E-state index contributed by atoms with van der Waals surface area (Å²) in [6.45, 7) is 9.05. The van der Waals surface area contributed by atoms with Crippen molar-refractivity contribution in [1.82, 2.24) is 0 Å². The Morgan fingerprint density at radius 1 is 0.708 bits per heavy atom. The summed E-state index contributed by atoms with van der Waals surface area (Å²) in [7, 11) is 0. The quantitative estimate of drug-likeness (QED) is 0.589. The van der Waals surface area contributed by atoms with Crippen molar-refractivity contribution in [1.29, 1.82) is 0 Å². The molecule has 0 heterocycles. The molecule has 1 saturated carbocycles. The lowest BCUT2D eigenvalue weighted by molar-refractivity contribution is 0.345. The average Bonchev–Trinajstić information content (AvgIpc) is 2.63. The van der Waals surface area contributed by atoms with Crippen molar-refractivity contribution >= 4 is 0 Å². The highest BCUT2D eigenvalue weighted by molar-refractivity contribution is 5.46. The van der Waals surface area contributed by atoms with E-state index < -0.39 is 0 Å². The number of benzene rings is 2. The average molecular weight is 321 g/mol. The van der Waals surface area contributed by atoms with Crippen LogP contribution < -0.4 is 0 Å². The molecular formula is C24H32. The fourth-order valence-electron chi connectivity index (χ4n) is 4.60. The molecule has 1 aliphatic carbocycles. The third kappa shape index (κ3) is 3.04. The van der Waals surface area contributed by atoms with E-state index in [9.17, 15) is 0 Å². The molecule has 2 aromatic rings. The third-order valence-corrected chi connectivity index (χ3v) is 6.27. The Morgan fingerprint density at radius 3 is 1.58 bits per heavy atom. The first-order valence-electron chi connectivity index (χ1n) is 9.80. The molecule has 0 amide bonds. The first-order valence-corrected chi connectivity index (χ1v) is 9.80. The van der Waals surface area contributed by atoms with Crippen LogP contribution in [0.5, 0.6) is 0 Å². The van der Waals surface area contributed by atoms with Crippen LogP contribution in [0, 0.1) is 13.8 Å². The second-order valence-corrected chi connectivity index (χ2v) is 7.63. The maximum atomic E-state index is 2.51. The second kappa shape index (κ2) is 7.13. The molecule has 0 spiro atoms. The van der Waals surface area contributed by atoms with Crippen LogP contribution in [0.25, 0.3) is 0 Å². The van der Waals surface area contributed by atoms with Gasteiger partial charge in [0.15, 0.2) is 0 Å². The minimum absolute atomic E-state index is 0.230. The molecule has 2 aromatic carbocycles. The van der Waals surface area contributed by atoms with Gasteiger partial charge in [0.2, 0.25) is 0 Å². The number of rotatable bonds is 4. The lowest BCUT2D eigenvalue weighted by atomic mass is 9.64. The van der Waals surface area contributed by atoms with Crippen molar-refractivity contribution in [2.75, 3.05) is 0 Å². The zero-order chi connectivity index (χ0) is 17.2. The van der Waals surface area contributed by atoms with Gasteiger partial charge in [-0.15, -0.1) is 0 Å². The van der Waals surface area contributed by atoms with Crippen molar-refractivity contribution in [3.05, 3.63) is 69.8 Å². The van der Waals surface area contributed by atoms with E-state index in [1.54, 1.807) is 11.1 Å². The summed E-state index contributed by atoms with van der Waals surface area (Å²) in [5.41, 5.74) is 9.23. The highest BCUT2D eigenvalue weighted by atomic mass is 14.4. The Morgan fingerprint density at radius 2 is 1.17 bits per heavy atom. The summed E-state index contributed by atoms with van der Waals surface area (Å²) in [6, 6.07) is 14.5. The summed E-state index contributed by atoms with van der Waals surface area (Å²) in [5.74, 6) is 0. The maximum Gasteiger partial charge on any atom is 0.0203 e. The van der Waals surface area contributed by atoms with Gasteiger partial charge in [0.05, 0.1) is 0 Å². The Balaban J connectivity index is 2.15. The Labute approximate surface area is 148 Å². The van der Waals surface area contributed by atoms with Crippen molar-refractivity contribution in [2.24, 2.45) is 0 Å². The molecule has 0 atom stereocenters. The molecule has 1 fully saturated rings. The minimum Gasteiger partial charge on any atom is -0.0613 e. The van der Waals surface area contributed by atoms with Crippen LogP contribution in [-0.4, -0.2) is 0 Å². The van der Waals surface area contributed by atoms with Crippen molar-refractivity contribution in [3.8, 4) is 0 Å². The SMILES string of the molecule is CCc1cc(C2(c3ccc(C)c(CC)c3)CCCCC2)ccc1C. The molecule has 0 bridgehead atoms. The van der Waals surface area contributed by atoms with Gasteiger partial charge < -0.3 is 0 Å². The van der Waals surface area contributed by atoms with Crippen LogP contribution >= 0.6 is 0 Å². The van der Waals surface area contributed by atoms with E-state index >= 15 is 0 Å². The van der Waals surface area contributed by atoms with Gasteiger partial charge in [0, 0.05) is 5.41 Å². The van der Waals surface area contributed by atoms with Gasteiger partial charge in [-0.2, -0.15) is 0 Å². The molecule has 0 aliphatic heterocycles. The lowest BCUT2D eigenvalue weighted by Gasteiger charge is -2.39. The largest absolute Gasteiger partial charge is 0.0613 e. The van der Waals surface area contributed by atoms with Crippen LogP contribution in [0.3, 0.4) is 0 Å². The summed E-state index contributed by atoms with van der Waals surface area (Å²) in [4.78, 5) is 0. The molecular weight excluding hydrogens is 288 g/mol. The molecule has 0 saturated heterocycles. The summed E-state index contributed by atoms with van der Waals surface area (Å²) in [5, 5.41) is 0. The maximum absolute atomic E-state index is 2.51. The second-order valence-electron chi connectivity index (χ2n) is 7.63. The minimum atomic E-state index is 0.230. The van der Waals surface area contributed by atoms with Gasteiger partial charge >= 0.3 is 0 Å². The first-order chi connectivity index (χ1) is 11.6. The van der Waals surface area contributed by atoms with Gasteiger partial charge in [-0.1, -0.05) is 69.5 Å².